The minimum atomic E-state index is 0.0346. The number of nitrogens with zero attached hydrogens (tertiary/aromatic N) is 1. The van der Waals surface area contributed by atoms with Crippen molar-refractivity contribution >= 4 is 16.9 Å². The lowest BCUT2D eigenvalue weighted by Crippen LogP contribution is -2.39. The quantitative estimate of drug-likeness (QED) is 0.853. The van der Waals surface area contributed by atoms with Gasteiger partial charge in [0.25, 0.3) is 0 Å². The Labute approximate surface area is 112 Å². The van der Waals surface area contributed by atoms with Gasteiger partial charge in [-0.1, -0.05) is 6.07 Å². The molecule has 2 heterocycles. The van der Waals surface area contributed by atoms with Crippen LogP contribution in [-0.4, -0.2) is 29.0 Å². The lowest BCUT2D eigenvalue weighted by Gasteiger charge is -2.20. The van der Waals surface area contributed by atoms with Gasteiger partial charge < -0.3 is 15.2 Å². The van der Waals surface area contributed by atoms with Gasteiger partial charge in [0.1, 0.15) is 0 Å². The Hall–Kier alpha value is -1.97. The average molecular weight is 257 g/mol. The molecule has 1 aromatic heterocycles. The molecule has 2 N–H and O–H groups in total. The molecule has 2 aromatic rings. The van der Waals surface area contributed by atoms with Crippen LogP contribution in [0.15, 0.2) is 30.5 Å². The number of carbonyl (C=O) groups excluding carboxylic acids is 1. The fourth-order valence-corrected chi connectivity index (χ4v) is 2.62. The molecule has 0 saturated carbocycles. The van der Waals surface area contributed by atoms with Crippen LogP contribution >= 0.6 is 0 Å². The monoisotopic (exact) mass is 257 g/mol. The molecule has 0 unspecified atom stereocenters. The van der Waals surface area contributed by atoms with Crippen LogP contribution in [0.1, 0.15) is 31.4 Å². The maximum atomic E-state index is 12.1. The van der Waals surface area contributed by atoms with Crippen LogP contribution in [0.25, 0.3) is 10.9 Å². The number of carbonyl (C=O) groups is 1. The summed E-state index contributed by atoms with van der Waals surface area (Å²) in [5.41, 5.74) is 2.27. The molecule has 19 heavy (non-hydrogen) atoms. The predicted octanol–water partition coefficient (Wildman–Crippen LogP) is 3.03. The molecular formula is C15H19N3O. The van der Waals surface area contributed by atoms with Gasteiger partial charge in [0.05, 0.1) is 6.04 Å². The SMILES string of the molecule is C[C@@H](NC(=O)N1CCCC1)c1ccc2[nH]ccc2c1. The smallest absolute Gasteiger partial charge is 0.317 e. The van der Waals surface area contributed by atoms with Crippen LogP contribution in [0.5, 0.6) is 0 Å². The summed E-state index contributed by atoms with van der Waals surface area (Å²) < 4.78 is 0. The first kappa shape index (κ1) is 12.1. The molecule has 3 rings (SSSR count). The summed E-state index contributed by atoms with van der Waals surface area (Å²) in [4.78, 5) is 17.1. The third-order valence-electron chi connectivity index (χ3n) is 3.81. The molecule has 1 fully saturated rings. The molecule has 1 saturated heterocycles. The van der Waals surface area contributed by atoms with E-state index < -0.39 is 0 Å². The first-order chi connectivity index (χ1) is 9.24. The van der Waals surface area contributed by atoms with Crippen molar-refractivity contribution in [1.29, 1.82) is 0 Å². The zero-order chi connectivity index (χ0) is 13.2. The second-order valence-electron chi connectivity index (χ2n) is 5.19. The summed E-state index contributed by atoms with van der Waals surface area (Å²) in [7, 11) is 0. The number of aromatic nitrogens is 1. The van der Waals surface area contributed by atoms with E-state index in [0.717, 1.165) is 37.0 Å². The van der Waals surface area contributed by atoms with Crippen molar-refractivity contribution in [1.82, 2.24) is 15.2 Å². The minimum absolute atomic E-state index is 0.0346. The molecule has 1 aliphatic heterocycles. The van der Waals surface area contributed by atoms with Gasteiger partial charge in [0.2, 0.25) is 0 Å². The van der Waals surface area contributed by atoms with Crippen LogP contribution < -0.4 is 5.32 Å². The Morgan fingerprint density at radius 2 is 2.11 bits per heavy atom. The van der Waals surface area contributed by atoms with E-state index in [-0.39, 0.29) is 12.1 Å². The van der Waals surface area contributed by atoms with Crippen molar-refractivity contribution in [2.75, 3.05) is 13.1 Å². The molecule has 100 valence electrons. The highest BCUT2D eigenvalue weighted by molar-refractivity contribution is 5.80. The first-order valence-corrected chi connectivity index (χ1v) is 6.86. The normalized spacial score (nSPS) is 16.8. The van der Waals surface area contributed by atoms with Gasteiger partial charge in [0.15, 0.2) is 0 Å². The second-order valence-corrected chi connectivity index (χ2v) is 5.19. The summed E-state index contributed by atoms with van der Waals surface area (Å²) in [6.45, 7) is 3.80. The Kier molecular flexibility index (Phi) is 3.15. The molecule has 4 heteroatoms. The van der Waals surface area contributed by atoms with E-state index in [4.69, 9.17) is 0 Å². The molecule has 4 nitrogen and oxygen atoms in total. The molecule has 1 aromatic carbocycles. The number of rotatable bonds is 2. The van der Waals surface area contributed by atoms with E-state index in [2.05, 4.69) is 28.5 Å². The van der Waals surface area contributed by atoms with E-state index in [1.807, 2.05) is 24.1 Å². The Balaban J connectivity index is 1.71. The largest absolute Gasteiger partial charge is 0.361 e. The van der Waals surface area contributed by atoms with Crippen molar-refractivity contribution in [3.8, 4) is 0 Å². The molecule has 0 aliphatic carbocycles. The number of fused-ring (bicyclic) bond motifs is 1. The number of urea groups is 1. The third kappa shape index (κ3) is 2.43. The molecular weight excluding hydrogens is 238 g/mol. The topological polar surface area (TPSA) is 48.1 Å². The van der Waals surface area contributed by atoms with Crippen LogP contribution in [0.2, 0.25) is 0 Å². The van der Waals surface area contributed by atoms with Gasteiger partial charge in [0, 0.05) is 24.8 Å². The summed E-state index contributed by atoms with van der Waals surface area (Å²) in [5.74, 6) is 0. The number of H-pyrrole nitrogens is 1. The summed E-state index contributed by atoms with van der Waals surface area (Å²) >= 11 is 0. The minimum Gasteiger partial charge on any atom is -0.361 e. The summed E-state index contributed by atoms with van der Waals surface area (Å²) in [5, 5.41) is 4.25. The number of hydrogen-bond acceptors (Lipinski definition) is 1. The van der Waals surface area contributed by atoms with E-state index in [1.54, 1.807) is 0 Å². The van der Waals surface area contributed by atoms with E-state index in [0.29, 0.717) is 0 Å². The number of benzene rings is 1. The molecule has 1 aliphatic rings. The van der Waals surface area contributed by atoms with Crippen molar-refractivity contribution in [3.05, 3.63) is 36.0 Å². The van der Waals surface area contributed by atoms with Gasteiger partial charge >= 0.3 is 6.03 Å². The highest BCUT2D eigenvalue weighted by Gasteiger charge is 2.19. The second kappa shape index (κ2) is 4.96. The highest BCUT2D eigenvalue weighted by Crippen LogP contribution is 2.20. The number of likely N-dealkylation sites (tertiary alicyclic amines) is 1. The van der Waals surface area contributed by atoms with Crippen molar-refractivity contribution in [3.63, 3.8) is 0 Å². The van der Waals surface area contributed by atoms with E-state index in [9.17, 15) is 4.79 Å². The lowest BCUT2D eigenvalue weighted by molar-refractivity contribution is 0.205. The van der Waals surface area contributed by atoms with Crippen LogP contribution in [0, 0.1) is 0 Å². The van der Waals surface area contributed by atoms with Gasteiger partial charge in [-0.3, -0.25) is 0 Å². The molecule has 1 atom stereocenters. The fraction of sp³-hybridized carbons (Fsp3) is 0.400. The van der Waals surface area contributed by atoms with E-state index in [1.165, 1.54) is 5.39 Å². The summed E-state index contributed by atoms with van der Waals surface area (Å²) in [6, 6.07) is 8.39. The highest BCUT2D eigenvalue weighted by atomic mass is 16.2. The zero-order valence-electron chi connectivity index (χ0n) is 11.1. The first-order valence-electron chi connectivity index (χ1n) is 6.86. The van der Waals surface area contributed by atoms with Gasteiger partial charge in [-0.25, -0.2) is 4.79 Å². The van der Waals surface area contributed by atoms with Crippen molar-refractivity contribution in [2.24, 2.45) is 0 Å². The van der Waals surface area contributed by atoms with Gasteiger partial charge in [-0.2, -0.15) is 0 Å². The Morgan fingerprint density at radius 1 is 1.32 bits per heavy atom. The molecule has 0 radical (unpaired) electrons. The fourth-order valence-electron chi connectivity index (χ4n) is 2.62. The molecule has 0 spiro atoms. The number of hydrogen-bond donors (Lipinski definition) is 2. The van der Waals surface area contributed by atoms with Crippen molar-refractivity contribution in [2.45, 2.75) is 25.8 Å². The summed E-state index contributed by atoms with van der Waals surface area (Å²) in [6.07, 6.45) is 4.18. The number of aromatic amines is 1. The maximum Gasteiger partial charge on any atom is 0.317 e. The van der Waals surface area contributed by atoms with Crippen LogP contribution in [-0.2, 0) is 0 Å². The number of amides is 2. The molecule has 2 amide bonds. The Morgan fingerprint density at radius 3 is 2.89 bits per heavy atom. The predicted molar refractivity (Wildman–Crippen MR) is 76.1 cm³/mol. The van der Waals surface area contributed by atoms with E-state index >= 15 is 0 Å². The molecule has 0 bridgehead atoms. The van der Waals surface area contributed by atoms with Gasteiger partial charge in [-0.15, -0.1) is 0 Å². The zero-order valence-corrected chi connectivity index (χ0v) is 11.1. The van der Waals surface area contributed by atoms with Crippen LogP contribution in [0.3, 0.4) is 0 Å². The van der Waals surface area contributed by atoms with Gasteiger partial charge in [-0.05, 0) is 48.9 Å². The standard InChI is InChI=1S/C15H19N3O/c1-11(17-15(19)18-8-2-3-9-18)12-4-5-14-13(10-12)6-7-16-14/h4-7,10-11,16H,2-3,8-9H2,1H3,(H,17,19)/t11-/m1/s1. The van der Waals surface area contributed by atoms with Crippen molar-refractivity contribution < 1.29 is 4.79 Å². The Bertz CT molecular complexity index is 584. The lowest BCUT2D eigenvalue weighted by atomic mass is 10.1. The number of nitrogens with one attached hydrogen (secondary N) is 2. The average Bonchev–Trinajstić information content (AvgIpc) is 3.09. The maximum absolute atomic E-state index is 12.1. The third-order valence-corrected chi connectivity index (χ3v) is 3.81. The van der Waals surface area contributed by atoms with Crippen LogP contribution in [0.4, 0.5) is 4.79 Å².